The van der Waals surface area contributed by atoms with Crippen LogP contribution in [0.15, 0.2) is 18.2 Å². The lowest BCUT2D eigenvalue weighted by Crippen LogP contribution is -2.44. The molecule has 1 aromatic carbocycles. The number of nitrogens with zero attached hydrogens (tertiary/aromatic N) is 2. The first kappa shape index (κ1) is 18.1. The van der Waals surface area contributed by atoms with Crippen molar-refractivity contribution in [3.05, 3.63) is 33.9 Å². The molecular formula is C16H16N2O7S. The monoisotopic (exact) mass is 380 g/mol. The Morgan fingerprint density at radius 3 is 2.81 bits per heavy atom. The lowest BCUT2D eigenvalue weighted by Gasteiger charge is -2.30. The fraction of sp³-hybridized carbons (Fsp3) is 0.375. The minimum atomic E-state index is -0.545. The van der Waals surface area contributed by atoms with Gasteiger partial charge in [0.25, 0.3) is 5.69 Å². The van der Waals surface area contributed by atoms with E-state index in [2.05, 4.69) is 0 Å². The van der Waals surface area contributed by atoms with E-state index in [0.717, 1.165) is 0 Å². The summed E-state index contributed by atoms with van der Waals surface area (Å²) in [5, 5.41) is 10.8. The molecule has 2 aliphatic rings. The average molecular weight is 380 g/mol. The summed E-state index contributed by atoms with van der Waals surface area (Å²) < 4.78 is 15.1. The quantitative estimate of drug-likeness (QED) is 0.334. The molecule has 0 radical (unpaired) electrons. The van der Waals surface area contributed by atoms with E-state index >= 15 is 0 Å². The maximum absolute atomic E-state index is 12.4. The minimum Gasteiger partial charge on any atom is -0.468 e. The fourth-order valence-corrected chi connectivity index (χ4v) is 3.76. The minimum absolute atomic E-state index is 0.00104. The molecule has 1 amide bonds. The van der Waals surface area contributed by atoms with Crippen LogP contribution in [-0.2, 0) is 14.3 Å². The molecule has 1 atom stereocenters. The number of carbonyl (C=O) groups is 2. The molecule has 3 rings (SSSR count). The second-order valence-electron chi connectivity index (χ2n) is 5.52. The van der Waals surface area contributed by atoms with E-state index in [9.17, 15) is 19.7 Å². The fourth-order valence-electron chi connectivity index (χ4n) is 2.63. The third kappa shape index (κ3) is 3.74. The topological polar surface area (TPSA) is 108 Å². The summed E-state index contributed by atoms with van der Waals surface area (Å²) in [6.07, 6.45) is 2.63. The van der Waals surface area contributed by atoms with E-state index in [4.69, 9.17) is 14.2 Å². The van der Waals surface area contributed by atoms with Crippen LogP contribution < -0.4 is 9.47 Å². The molecule has 1 fully saturated rings. The number of hydrogen-bond donors (Lipinski definition) is 0. The molecule has 138 valence electrons. The molecule has 10 heteroatoms. The number of nitro groups is 1. The molecule has 0 aromatic heterocycles. The molecule has 2 aliphatic heterocycles. The van der Waals surface area contributed by atoms with Crippen LogP contribution in [0.25, 0.3) is 6.08 Å². The lowest BCUT2D eigenvalue weighted by atomic mass is 10.1. The van der Waals surface area contributed by atoms with Gasteiger partial charge in [-0.25, -0.2) is 0 Å². The van der Waals surface area contributed by atoms with Gasteiger partial charge in [0.1, 0.15) is 5.25 Å². The van der Waals surface area contributed by atoms with Crippen molar-refractivity contribution in [2.45, 2.75) is 5.25 Å². The van der Waals surface area contributed by atoms with E-state index in [0.29, 0.717) is 23.8 Å². The van der Waals surface area contributed by atoms with Crippen molar-refractivity contribution >= 4 is 35.4 Å². The van der Waals surface area contributed by atoms with E-state index in [1.54, 1.807) is 0 Å². The molecule has 0 spiro atoms. The number of ether oxygens (including phenoxy) is 3. The van der Waals surface area contributed by atoms with Crippen LogP contribution in [0.2, 0.25) is 0 Å². The van der Waals surface area contributed by atoms with Gasteiger partial charge >= 0.3 is 5.97 Å². The van der Waals surface area contributed by atoms with Crippen molar-refractivity contribution in [2.24, 2.45) is 0 Å². The molecule has 26 heavy (non-hydrogen) atoms. The summed E-state index contributed by atoms with van der Waals surface area (Å²) in [5.41, 5.74) is 0.0587. The number of esters is 1. The van der Waals surface area contributed by atoms with Crippen LogP contribution in [0.5, 0.6) is 11.5 Å². The Bertz CT molecular complexity index is 780. The Kier molecular flexibility index (Phi) is 5.31. The molecule has 0 aliphatic carbocycles. The van der Waals surface area contributed by atoms with Crippen molar-refractivity contribution in [3.63, 3.8) is 0 Å². The standard InChI is InChI=1S/C16H16N2O7S/c1-23-16(20)14-8-17(4-5-26-14)15(19)3-2-10-6-12-13(25-9-24-12)7-11(10)18(21)22/h2-3,6-7,14H,4-5,8-9H2,1H3/b3-2+/t14-/m0/s1. The number of nitro benzene ring substituents is 1. The van der Waals surface area contributed by atoms with E-state index in [1.165, 1.54) is 48.1 Å². The van der Waals surface area contributed by atoms with Gasteiger partial charge in [-0.05, 0) is 12.1 Å². The first-order chi connectivity index (χ1) is 12.5. The Hall–Kier alpha value is -2.75. The summed E-state index contributed by atoms with van der Waals surface area (Å²) in [6, 6.07) is 2.74. The number of rotatable bonds is 4. The smallest absolute Gasteiger partial charge is 0.320 e. The number of fused-ring (bicyclic) bond motifs is 1. The molecule has 1 saturated heterocycles. The number of carbonyl (C=O) groups excluding carboxylic acids is 2. The third-order valence-corrected chi connectivity index (χ3v) is 5.13. The Balaban J connectivity index is 1.76. The second kappa shape index (κ2) is 7.65. The zero-order valence-electron chi connectivity index (χ0n) is 13.9. The van der Waals surface area contributed by atoms with Gasteiger partial charge in [0.2, 0.25) is 12.7 Å². The molecule has 1 aromatic rings. The lowest BCUT2D eigenvalue weighted by molar-refractivity contribution is -0.385. The largest absolute Gasteiger partial charge is 0.468 e. The number of hydrogen-bond acceptors (Lipinski definition) is 8. The Morgan fingerprint density at radius 2 is 2.12 bits per heavy atom. The maximum atomic E-state index is 12.4. The molecule has 0 N–H and O–H groups in total. The molecular weight excluding hydrogens is 364 g/mol. The van der Waals surface area contributed by atoms with E-state index in [-0.39, 0.29) is 36.5 Å². The van der Waals surface area contributed by atoms with Gasteiger partial charge in [-0.3, -0.25) is 19.7 Å². The van der Waals surface area contributed by atoms with Crippen LogP contribution in [0.4, 0.5) is 5.69 Å². The van der Waals surface area contributed by atoms with Crippen molar-refractivity contribution < 1.29 is 28.7 Å². The number of thioether (sulfide) groups is 1. The Morgan fingerprint density at radius 1 is 1.38 bits per heavy atom. The van der Waals surface area contributed by atoms with Gasteiger partial charge in [0.15, 0.2) is 11.5 Å². The highest BCUT2D eigenvalue weighted by Crippen LogP contribution is 2.38. The molecule has 0 saturated carbocycles. The highest BCUT2D eigenvalue weighted by Gasteiger charge is 2.29. The van der Waals surface area contributed by atoms with Gasteiger partial charge in [0.05, 0.1) is 23.7 Å². The SMILES string of the molecule is COC(=O)[C@@H]1CN(C(=O)/C=C/c2cc3c(cc2[N+](=O)[O-])OCO3)CCS1. The first-order valence-corrected chi connectivity index (χ1v) is 8.79. The van der Waals surface area contributed by atoms with Gasteiger partial charge in [0, 0.05) is 24.9 Å². The van der Waals surface area contributed by atoms with Crippen LogP contribution in [0.1, 0.15) is 5.56 Å². The van der Waals surface area contributed by atoms with Crippen molar-refractivity contribution in [1.29, 1.82) is 0 Å². The number of methoxy groups -OCH3 is 1. The molecule has 2 heterocycles. The number of benzene rings is 1. The van der Waals surface area contributed by atoms with Crippen LogP contribution in [0.3, 0.4) is 0 Å². The van der Waals surface area contributed by atoms with Crippen LogP contribution in [0, 0.1) is 10.1 Å². The van der Waals surface area contributed by atoms with Crippen molar-refractivity contribution in [2.75, 3.05) is 32.7 Å². The highest BCUT2D eigenvalue weighted by molar-refractivity contribution is 8.00. The number of amides is 1. The van der Waals surface area contributed by atoms with Crippen LogP contribution in [-0.4, -0.2) is 59.7 Å². The molecule has 0 unspecified atom stereocenters. The van der Waals surface area contributed by atoms with Crippen LogP contribution >= 0.6 is 11.8 Å². The van der Waals surface area contributed by atoms with Gasteiger partial charge < -0.3 is 19.1 Å². The summed E-state index contributed by atoms with van der Waals surface area (Å²) in [7, 11) is 1.31. The average Bonchev–Trinajstić information content (AvgIpc) is 3.12. The summed E-state index contributed by atoms with van der Waals surface area (Å²) >= 11 is 1.44. The van der Waals surface area contributed by atoms with Gasteiger partial charge in [-0.2, -0.15) is 0 Å². The van der Waals surface area contributed by atoms with E-state index in [1.807, 2.05) is 0 Å². The summed E-state index contributed by atoms with van der Waals surface area (Å²) in [4.78, 5) is 36.3. The maximum Gasteiger partial charge on any atom is 0.320 e. The Labute approximate surface area is 153 Å². The summed E-state index contributed by atoms with van der Waals surface area (Å²) in [5.74, 6) is 0.606. The zero-order chi connectivity index (χ0) is 18.7. The molecule has 0 bridgehead atoms. The van der Waals surface area contributed by atoms with Crippen molar-refractivity contribution in [3.8, 4) is 11.5 Å². The zero-order valence-corrected chi connectivity index (χ0v) is 14.7. The summed E-state index contributed by atoms with van der Waals surface area (Å²) in [6.45, 7) is 0.729. The van der Waals surface area contributed by atoms with Crippen molar-refractivity contribution in [1.82, 2.24) is 4.90 Å². The highest BCUT2D eigenvalue weighted by atomic mass is 32.2. The van der Waals surface area contributed by atoms with E-state index < -0.39 is 10.2 Å². The second-order valence-corrected chi connectivity index (χ2v) is 6.83. The predicted molar refractivity (Wildman–Crippen MR) is 93.1 cm³/mol. The predicted octanol–water partition coefficient (Wildman–Crippen LogP) is 1.45. The van der Waals surface area contributed by atoms with Gasteiger partial charge in [-0.1, -0.05) is 0 Å². The normalized spacial score (nSPS) is 18.8. The third-order valence-electron chi connectivity index (χ3n) is 3.97. The first-order valence-electron chi connectivity index (χ1n) is 7.74. The van der Waals surface area contributed by atoms with Gasteiger partial charge in [-0.15, -0.1) is 11.8 Å². The molecule has 9 nitrogen and oxygen atoms in total.